The highest BCUT2D eigenvalue weighted by molar-refractivity contribution is 6.09. The summed E-state index contributed by atoms with van der Waals surface area (Å²) in [5, 5.41) is 0. The fraction of sp³-hybridized carbons (Fsp3) is 0.500. The lowest BCUT2D eigenvalue weighted by molar-refractivity contribution is -0.941. The summed E-state index contributed by atoms with van der Waals surface area (Å²) in [6, 6.07) is 18.0. The van der Waals surface area contributed by atoms with Gasteiger partial charge in [0, 0.05) is 16.7 Å². The van der Waals surface area contributed by atoms with E-state index >= 15 is 0 Å². The van der Waals surface area contributed by atoms with Crippen molar-refractivity contribution in [3.8, 4) is 0 Å². The molecule has 0 amide bonds. The fourth-order valence-electron chi connectivity index (χ4n) is 4.01. The number of quaternary nitrogens is 1. The molecule has 2 aromatic carbocycles. The minimum absolute atomic E-state index is 0.122. The van der Waals surface area contributed by atoms with Crippen molar-refractivity contribution in [3.05, 3.63) is 71.3 Å². The van der Waals surface area contributed by atoms with E-state index in [4.69, 9.17) is 0 Å². The van der Waals surface area contributed by atoms with E-state index in [1.165, 1.54) is 68.2 Å². The summed E-state index contributed by atoms with van der Waals surface area (Å²) in [7, 11) is 0. The van der Waals surface area contributed by atoms with Gasteiger partial charge in [0.1, 0.15) is 6.54 Å². The Labute approximate surface area is 172 Å². The van der Waals surface area contributed by atoms with E-state index in [0.717, 1.165) is 17.7 Å². The Kier molecular flexibility index (Phi) is 9.43. The molecule has 0 aliphatic carbocycles. The first-order valence-corrected chi connectivity index (χ1v) is 11.2. The summed E-state index contributed by atoms with van der Waals surface area (Å²) in [6.45, 7) is 11.6. The van der Waals surface area contributed by atoms with Crippen LogP contribution in [0.5, 0.6) is 0 Å². The minimum atomic E-state index is 0.122. The summed E-state index contributed by atoms with van der Waals surface area (Å²) >= 11 is 0. The summed E-state index contributed by atoms with van der Waals surface area (Å²) in [5.41, 5.74) is 2.87. The van der Waals surface area contributed by atoms with Crippen molar-refractivity contribution < 1.29 is 9.28 Å². The molecule has 0 radical (unpaired) electrons. The Bertz CT molecular complexity index is 686. The van der Waals surface area contributed by atoms with Gasteiger partial charge >= 0.3 is 0 Å². The van der Waals surface area contributed by atoms with E-state index in [1.807, 2.05) is 36.4 Å². The molecular formula is C26H38NO+. The second-order valence-electron chi connectivity index (χ2n) is 8.13. The van der Waals surface area contributed by atoms with E-state index in [9.17, 15) is 4.79 Å². The van der Waals surface area contributed by atoms with E-state index < -0.39 is 0 Å². The third kappa shape index (κ3) is 6.60. The molecule has 0 aliphatic heterocycles. The third-order valence-corrected chi connectivity index (χ3v) is 5.70. The van der Waals surface area contributed by atoms with Crippen molar-refractivity contribution in [2.24, 2.45) is 0 Å². The highest BCUT2D eigenvalue weighted by Gasteiger charge is 2.26. The molecule has 28 heavy (non-hydrogen) atoms. The van der Waals surface area contributed by atoms with Crippen LogP contribution in [-0.4, -0.2) is 29.9 Å². The summed E-state index contributed by atoms with van der Waals surface area (Å²) in [6.07, 6.45) is 7.54. The highest BCUT2D eigenvalue weighted by atomic mass is 16.1. The molecule has 2 aromatic rings. The molecule has 2 nitrogen and oxygen atoms in total. The number of carbonyl (C=O) groups excluding carboxylic acids is 1. The molecule has 0 aliphatic rings. The standard InChI is InChI=1S/C26H38NO/c1-4-7-18-27(19-8-5-2,20-9-6-3)22-23-14-13-17-25(21-23)26(28)24-15-11-10-12-16-24/h10-17,21H,4-9,18-20,22H2,1-3H3/q+1. The van der Waals surface area contributed by atoms with Crippen molar-refractivity contribution in [2.45, 2.75) is 65.8 Å². The Hall–Kier alpha value is -1.93. The zero-order valence-electron chi connectivity index (χ0n) is 18.1. The molecule has 0 N–H and O–H groups in total. The zero-order chi connectivity index (χ0) is 20.2. The van der Waals surface area contributed by atoms with Crippen LogP contribution in [-0.2, 0) is 6.54 Å². The van der Waals surface area contributed by atoms with Crippen LogP contribution in [0.2, 0.25) is 0 Å². The predicted octanol–water partition coefficient (Wildman–Crippen LogP) is 6.63. The first kappa shape index (κ1) is 22.4. The lowest BCUT2D eigenvalue weighted by Gasteiger charge is -2.39. The number of carbonyl (C=O) groups is 1. The molecule has 0 fully saturated rings. The number of benzene rings is 2. The van der Waals surface area contributed by atoms with Crippen LogP contribution in [0.15, 0.2) is 54.6 Å². The third-order valence-electron chi connectivity index (χ3n) is 5.70. The molecule has 2 rings (SSSR count). The summed E-state index contributed by atoms with van der Waals surface area (Å²) < 4.78 is 1.17. The van der Waals surface area contributed by atoms with Crippen molar-refractivity contribution >= 4 is 5.78 Å². The molecule has 0 unspecified atom stereocenters. The molecule has 0 saturated heterocycles. The van der Waals surface area contributed by atoms with Gasteiger partial charge < -0.3 is 4.48 Å². The molecule has 0 saturated carbocycles. The number of nitrogens with zero attached hydrogens (tertiary/aromatic N) is 1. The highest BCUT2D eigenvalue weighted by Crippen LogP contribution is 2.21. The maximum absolute atomic E-state index is 12.9. The largest absolute Gasteiger partial charge is 0.320 e. The van der Waals surface area contributed by atoms with Crippen LogP contribution in [0.25, 0.3) is 0 Å². The monoisotopic (exact) mass is 380 g/mol. The van der Waals surface area contributed by atoms with Crippen molar-refractivity contribution in [1.82, 2.24) is 0 Å². The summed E-state index contributed by atoms with van der Waals surface area (Å²) in [5.74, 6) is 0.122. The molecule has 0 aromatic heterocycles. The normalized spacial score (nSPS) is 11.5. The number of hydrogen-bond donors (Lipinski definition) is 0. The fourth-order valence-corrected chi connectivity index (χ4v) is 4.01. The Morgan fingerprint density at radius 2 is 1.25 bits per heavy atom. The second-order valence-corrected chi connectivity index (χ2v) is 8.13. The number of ketones is 1. The molecule has 0 heterocycles. The summed E-state index contributed by atoms with van der Waals surface area (Å²) in [4.78, 5) is 12.9. The average Bonchev–Trinajstić information content (AvgIpc) is 2.75. The van der Waals surface area contributed by atoms with Gasteiger partial charge in [-0.15, -0.1) is 0 Å². The Balaban J connectivity index is 2.25. The lowest BCUT2D eigenvalue weighted by atomic mass is 10.0. The van der Waals surface area contributed by atoms with Crippen LogP contribution in [0, 0.1) is 0 Å². The number of hydrogen-bond acceptors (Lipinski definition) is 1. The van der Waals surface area contributed by atoms with Gasteiger partial charge in [-0.05, 0) is 25.3 Å². The van der Waals surface area contributed by atoms with E-state index in [2.05, 4.69) is 39.0 Å². The van der Waals surface area contributed by atoms with E-state index in [-0.39, 0.29) is 5.78 Å². The van der Waals surface area contributed by atoms with Crippen LogP contribution in [0.1, 0.15) is 80.8 Å². The molecule has 0 spiro atoms. The van der Waals surface area contributed by atoms with E-state index in [0.29, 0.717) is 0 Å². The van der Waals surface area contributed by atoms with Crippen LogP contribution in [0.3, 0.4) is 0 Å². The van der Waals surface area contributed by atoms with Gasteiger partial charge in [-0.25, -0.2) is 0 Å². The molecule has 0 bridgehead atoms. The van der Waals surface area contributed by atoms with Gasteiger partial charge in [-0.2, -0.15) is 0 Å². The predicted molar refractivity (Wildman–Crippen MR) is 120 cm³/mol. The van der Waals surface area contributed by atoms with Gasteiger partial charge in [0.15, 0.2) is 5.78 Å². The van der Waals surface area contributed by atoms with Gasteiger partial charge in [0.2, 0.25) is 0 Å². The first-order chi connectivity index (χ1) is 13.6. The zero-order valence-corrected chi connectivity index (χ0v) is 18.1. The maximum atomic E-state index is 12.9. The van der Waals surface area contributed by atoms with Gasteiger partial charge in [-0.3, -0.25) is 4.79 Å². The Morgan fingerprint density at radius 3 is 1.79 bits per heavy atom. The van der Waals surface area contributed by atoms with Gasteiger partial charge in [-0.1, -0.05) is 88.6 Å². The molecular weight excluding hydrogens is 342 g/mol. The van der Waals surface area contributed by atoms with Crippen molar-refractivity contribution in [1.29, 1.82) is 0 Å². The topological polar surface area (TPSA) is 17.1 Å². The second kappa shape index (κ2) is 11.8. The number of unbranched alkanes of at least 4 members (excludes halogenated alkanes) is 3. The van der Waals surface area contributed by atoms with E-state index in [1.54, 1.807) is 0 Å². The molecule has 0 atom stereocenters. The van der Waals surface area contributed by atoms with Crippen LogP contribution >= 0.6 is 0 Å². The quantitative estimate of drug-likeness (QED) is 0.281. The lowest BCUT2D eigenvalue weighted by Crippen LogP contribution is -2.49. The SMILES string of the molecule is CCCC[N+](CCCC)(CCCC)Cc1cccc(C(=O)c2ccccc2)c1. The Morgan fingerprint density at radius 1 is 0.714 bits per heavy atom. The smallest absolute Gasteiger partial charge is 0.193 e. The van der Waals surface area contributed by atoms with Crippen molar-refractivity contribution in [3.63, 3.8) is 0 Å². The van der Waals surface area contributed by atoms with Crippen molar-refractivity contribution in [2.75, 3.05) is 19.6 Å². The van der Waals surface area contributed by atoms with Gasteiger partial charge in [0.25, 0.3) is 0 Å². The molecule has 2 heteroatoms. The number of rotatable bonds is 13. The van der Waals surface area contributed by atoms with Gasteiger partial charge in [0.05, 0.1) is 19.6 Å². The van der Waals surface area contributed by atoms with Crippen LogP contribution in [0.4, 0.5) is 0 Å². The molecule has 152 valence electrons. The minimum Gasteiger partial charge on any atom is -0.320 e. The van der Waals surface area contributed by atoms with Crippen LogP contribution < -0.4 is 0 Å². The first-order valence-electron chi connectivity index (χ1n) is 11.2. The maximum Gasteiger partial charge on any atom is 0.193 e. The average molecular weight is 381 g/mol.